The van der Waals surface area contributed by atoms with Crippen LogP contribution in [-0.2, 0) is 41.4 Å². The van der Waals surface area contributed by atoms with Crippen molar-refractivity contribution < 1.29 is 33.4 Å². The van der Waals surface area contributed by atoms with Gasteiger partial charge in [0.15, 0.2) is 5.78 Å². The molecule has 2 N–H and O–H groups in total. The second kappa shape index (κ2) is 13.2. The molecule has 0 saturated carbocycles. The first-order chi connectivity index (χ1) is 15.3. The summed E-state index contributed by atoms with van der Waals surface area (Å²) in [5.41, 5.74) is 2.44. The van der Waals surface area contributed by atoms with Gasteiger partial charge in [-0.05, 0) is 5.92 Å². The molecule has 0 radical (unpaired) electrons. The third-order valence-corrected chi connectivity index (χ3v) is 5.96. The van der Waals surface area contributed by atoms with Gasteiger partial charge in [0.05, 0.1) is 37.1 Å². The summed E-state index contributed by atoms with van der Waals surface area (Å²) in [7, 11) is 1.56. The molecule has 32 heavy (non-hydrogen) atoms. The number of methoxy groups -OCH3 is 1. The van der Waals surface area contributed by atoms with Gasteiger partial charge in [0, 0.05) is 43.7 Å². The number of ether oxygens (including phenoxy) is 3. The van der Waals surface area contributed by atoms with E-state index in [2.05, 4.69) is 15.6 Å². The Kier molecular flexibility index (Phi) is 10.7. The molecule has 0 saturated heterocycles. The number of carbonyl (C=O) groups excluding carboxylic acids is 4. The van der Waals surface area contributed by atoms with Crippen LogP contribution in [-0.4, -0.2) is 74.7 Å². The van der Waals surface area contributed by atoms with E-state index >= 15 is 0 Å². The van der Waals surface area contributed by atoms with Crippen molar-refractivity contribution in [3.63, 3.8) is 0 Å². The highest BCUT2D eigenvalue weighted by Crippen LogP contribution is 2.22. The minimum absolute atomic E-state index is 0.0302. The first-order valence-corrected chi connectivity index (χ1v) is 11.5. The number of hydrogen-bond acceptors (Lipinski definition) is 9. The number of nitrogens with one attached hydrogen (secondary N) is 2. The smallest absolute Gasteiger partial charge is 0.407 e. The monoisotopic (exact) mass is 469 g/mol. The van der Waals surface area contributed by atoms with Gasteiger partial charge in [-0.2, -0.15) is 0 Å². The van der Waals surface area contributed by atoms with Crippen molar-refractivity contribution in [2.75, 3.05) is 40.1 Å². The topological polar surface area (TPSA) is 133 Å². The van der Waals surface area contributed by atoms with Crippen molar-refractivity contribution in [2.45, 2.75) is 39.2 Å². The Morgan fingerprint density at radius 1 is 1.25 bits per heavy atom. The van der Waals surface area contributed by atoms with E-state index in [-0.39, 0.29) is 37.8 Å². The minimum Gasteiger partial charge on any atom is -0.447 e. The number of alkyl carbamates (subject to hydrolysis) is 1. The Morgan fingerprint density at radius 2 is 2.00 bits per heavy atom. The number of fused-ring (bicyclic) bond motifs is 1. The zero-order chi connectivity index (χ0) is 23.5. The fourth-order valence-electron chi connectivity index (χ4n) is 3.31. The number of thiazole rings is 1. The maximum atomic E-state index is 13.0. The van der Waals surface area contributed by atoms with Gasteiger partial charge in [0.25, 0.3) is 5.91 Å². The van der Waals surface area contributed by atoms with Crippen molar-refractivity contribution in [3.05, 3.63) is 16.1 Å². The van der Waals surface area contributed by atoms with Crippen molar-refractivity contribution in [1.29, 1.82) is 0 Å². The predicted octanol–water partition coefficient (Wildman–Crippen LogP) is 0.916. The zero-order valence-electron chi connectivity index (χ0n) is 18.7. The van der Waals surface area contributed by atoms with Gasteiger partial charge in [-0.15, -0.1) is 11.3 Å². The van der Waals surface area contributed by atoms with Crippen LogP contribution >= 0.6 is 11.3 Å². The van der Waals surface area contributed by atoms with Crippen LogP contribution < -0.4 is 10.6 Å². The minimum atomic E-state index is -0.852. The summed E-state index contributed by atoms with van der Waals surface area (Å²) in [5, 5.41) is 5.18. The normalized spacial score (nSPS) is 17.6. The summed E-state index contributed by atoms with van der Waals surface area (Å²) in [6, 6.07) is -0.852. The Labute approximate surface area is 191 Å². The predicted molar refractivity (Wildman–Crippen MR) is 116 cm³/mol. The van der Waals surface area contributed by atoms with Crippen LogP contribution in [0.25, 0.3) is 0 Å². The van der Waals surface area contributed by atoms with E-state index in [1.165, 1.54) is 11.3 Å². The van der Waals surface area contributed by atoms with Gasteiger partial charge >= 0.3 is 6.09 Å². The summed E-state index contributed by atoms with van der Waals surface area (Å²) in [5.74, 6) is -2.74. The summed E-state index contributed by atoms with van der Waals surface area (Å²) in [6.45, 7) is 4.98. The third kappa shape index (κ3) is 7.95. The van der Waals surface area contributed by atoms with Crippen molar-refractivity contribution >= 4 is 34.9 Å². The number of aromatic nitrogens is 1. The molecule has 10 nitrogen and oxygen atoms in total. The summed E-state index contributed by atoms with van der Waals surface area (Å²) < 4.78 is 15.1. The maximum absolute atomic E-state index is 13.0. The maximum Gasteiger partial charge on any atom is 0.407 e. The van der Waals surface area contributed by atoms with E-state index in [9.17, 15) is 19.2 Å². The molecule has 2 heterocycles. The highest BCUT2D eigenvalue weighted by atomic mass is 32.1. The molecule has 0 fully saturated rings. The zero-order valence-corrected chi connectivity index (χ0v) is 19.5. The van der Waals surface area contributed by atoms with Crippen LogP contribution in [0.3, 0.4) is 0 Å². The first kappa shape index (κ1) is 25.9. The molecule has 0 aromatic carbocycles. The lowest BCUT2D eigenvalue weighted by Gasteiger charge is -2.23. The van der Waals surface area contributed by atoms with Crippen LogP contribution in [0, 0.1) is 11.8 Å². The largest absolute Gasteiger partial charge is 0.447 e. The Morgan fingerprint density at radius 3 is 2.72 bits per heavy atom. The summed E-state index contributed by atoms with van der Waals surface area (Å²) in [6.07, 6.45) is -0.110. The van der Waals surface area contributed by atoms with Gasteiger partial charge in [0.1, 0.15) is 6.61 Å². The van der Waals surface area contributed by atoms with Crippen LogP contribution in [0.2, 0.25) is 0 Å². The number of nitrogens with zero attached hydrogens (tertiary/aromatic N) is 1. The van der Waals surface area contributed by atoms with E-state index in [4.69, 9.17) is 14.2 Å². The highest BCUT2D eigenvalue weighted by Gasteiger charge is 2.34. The van der Waals surface area contributed by atoms with Gasteiger partial charge < -0.3 is 24.8 Å². The van der Waals surface area contributed by atoms with Crippen LogP contribution in [0.5, 0.6) is 0 Å². The second-order valence-corrected chi connectivity index (χ2v) is 8.71. The molecule has 1 aliphatic heterocycles. The molecule has 2 rings (SSSR count). The first-order valence-electron chi connectivity index (χ1n) is 10.6. The molecule has 1 aromatic rings. The van der Waals surface area contributed by atoms with Crippen molar-refractivity contribution in [2.24, 2.45) is 11.8 Å². The molecule has 2 amide bonds. The Hall–Kier alpha value is -2.37. The summed E-state index contributed by atoms with van der Waals surface area (Å²) >= 11 is 1.46. The molecule has 1 aromatic heterocycles. The highest BCUT2D eigenvalue weighted by molar-refractivity contribution is 7.09. The fourth-order valence-corrected chi connectivity index (χ4v) is 4.11. The van der Waals surface area contributed by atoms with Gasteiger partial charge in [-0.25, -0.2) is 9.78 Å². The average Bonchev–Trinajstić information content (AvgIpc) is 3.20. The van der Waals surface area contributed by atoms with Crippen LogP contribution in [0.4, 0.5) is 4.79 Å². The van der Waals surface area contributed by atoms with Crippen molar-refractivity contribution in [3.8, 4) is 0 Å². The van der Waals surface area contributed by atoms with Gasteiger partial charge in [-0.3, -0.25) is 14.4 Å². The molecule has 1 aliphatic rings. The molecule has 2 atom stereocenters. The number of hydrogen-bond donors (Lipinski definition) is 2. The SMILES string of the molecule is COCCOCCOC(=O)NC(C(=O)CC1Cc2ncsc2CCNC(=O)C1=O)C(C)C. The quantitative estimate of drug-likeness (QED) is 0.361. The number of Topliss-reactive ketones (excluding diaryl/α,β-unsaturated/α-hetero) is 2. The lowest BCUT2D eigenvalue weighted by atomic mass is 9.87. The molecule has 0 bridgehead atoms. The molecule has 0 aliphatic carbocycles. The average molecular weight is 470 g/mol. The molecule has 178 valence electrons. The standard InChI is InChI=1S/C21H31N3O7S/c1-13(2)18(24-21(28)31-9-8-30-7-6-29-3)16(25)11-14-10-15-17(32-12-23-15)4-5-22-20(27)19(14)26/h12-14,18H,4-11H2,1-3H3,(H,22,27)(H,24,28). The van der Waals surface area contributed by atoms with E-state index in [1.807, 2.05) is 0 Å². The van der Waals surface area contributed by atoms with Crippen LogP contribution in [0.1, 0.15) is 30.8 Å². The van der Waals surface area contributed by atoms with Crippen LogP contribution in [0.15, 0.2) is 5.51 Å². The number of carbonyl (C=O) groups is 4. The van der Waals surface area contributed by atoms with E-state index in [0.717, 1.165) is 10.6 Å². The third-order valence-electron chi connectivity index (χ3n) is 5.02. The number of rotatable bonds is 11. The lowest BCUT2D eigenvalue weighted by molar-refractivity contribution is -0.141. The molecule has 11 heteroatoms. The number of ketones is 2. The molecular formula is C21H31N3O7S. The second-order valence-electron chi connectivity index (χ2n) is 7.77. The Balaban J connectivity index is 1.97. The number of amides is 2. The molecular weight excluding hydrogens is 438 g/mol. The molecule has 2 unspecified atom stereocenters. The van der Waals surface area contributed by atoms with Gasteiger partial charge in [0.2, 0.25) is 5.78 Å². The van der Waals surface area contributed by atoms with E-state index in [0.29, 0.717) is 26.2 Å². The lowest BCUT2D eigenvalue weighted by Crippen LogP contribution is -2.46. The Bertz CT molecular complexity index is 796. The fraction of sp³-hybridized carbons (Fsp3) is 0.667. The van der Waals surface area contributed by atoms with Crippen molar-refractivity contribution in [1.82, 2.24) is 15.6 Å². The van der Waals surface area contributed by atoms with E-state index < -0.39 is 29.7 Å². The van der Waals surface area contributed by atoms with Gasteiger partial charge in [-0.1, -0.05) is 13.8 Å². The van der Waals surface area contributed by atoms with E-state index in [1.54, 1.807) is 26.5 Å². The summed E-state index contributed by atoms with van der Waals surface area (Å²) in [4.78, 5) is 55.3. The molecule has 0 spiro atoms.